The Morgan fingerprint density at radius 1 is 0.917 bits per heavy atom. The van der Waals surface area contributed by atoms with Crippen LogP contribution in [0.4, 0.5) is 5.69 Å². The Morgan fingerprint density at radius 2 is 1.58 bits per heavy atom. The lowest BCUT2D eigenvalue weighted by Gasteiger charge is -2.28. The smallest absolute Gasteiger partial charge is 0.337 e. The molecule has 184 valence electrons. The minimum atomic E-state index is -4.24. The standard InChI is InChI=1S/C26H23N3O6S/c1-34-21-9-11-22(12-10-21)36(32,33)29(17-19-5-3-13-27-15-19)25-23(26(30)31)7-2-8-24(25)35-18-20-6-4-14-28-16-20/h2-16H,17-18H2,1H3,(H,30,31). The molecule has 36 heavy (non-hydrogen) atoms. The fraction of sp³-hybridized carbons (Fsp3) is 0.115. The number of carbonyl (C=O) groups is 1. The number of carboxylic acid groups (broad SMARTS) is 1. The summed E-state index contributed by atoms with van der Waals surface area (Å²) in [6.07, 6.45) is 6.33. The van der Waals surface area contributed by atoms with E-state index >= 15 is 0 Å². The van der Waals surface area contributed by atoms with Crippen molar-refractivity contribution < 1.29 is 27.8 Å². The zero-order chi connectivity index (χ0) is 25.5. The van der Waals surface area contributed by atoms with E-state index in [2.05, 4.69) is 9.97 Å². The van der Waals surface area contributed by atoms with Gasteiger partial charge in [-0.25, -0.2) is 13.2 Å². The molecule has 0 atom stereocenters. The van der Waals surface area contributed by atoms with Gasteiger partial charge < -0.3 is 14.6 Å². The number of sulfonamides is 1. The minimum absolute atomic E-state index is 0.0365. The van der Waals surface area contributed by atoms with Gasteiger partial charge in [0.1, 0.15) is 23.8 Å². The highest BCUT2D eigenvalue weighted by molar-refractivity contribution is 7.92. The van der Waals surface area contributed by atoms with E-state index in [4.69, 9.17) is 9.47 Å². The van der Waals surface area contributed by atoms with Crippen molar-refractivity contribution in [1.29, 1.82) is 0 Å². The second-order valence-electron chi connectivity index (χ2n) is 7.66. The average Bonchev–Trinajstić information content (AvgIpc) is 2.91. The number of aromatic nitrogens is 2. The van der Waals surface area contributed by atoms with Gasteiger partial charge in [0.15, 0.2) is 0 Å². The number of pyridine rings is 2. The topological polar surface area (TPSA) is 119 Å². The van der Waals surface area contributed by atoms with Gasteiger partial charge in [0.05, 0.1) is 24.1 Å². The molecule has 0 radical (unpaired) electrons. The summed E-state index contributed by atoms with van der Waals surface area (Å²) in [5.74, 6) is -0.711. The molecule has 0 aliphatic carbocycles. The highest BCUT2D eigenvalue weighted by Crippen LogP contribution is 2.38. The molecule has 2 aromatic heterocycles. The van der Waals surface area contributed by atoms with E-state index in [0.717, 1.165) is 9.87 Å². The van der Waals surface area contributed by atoms with Crippen molar-refractivity contribution in [3.63, 3.8) is 0 Å². The third-order valence-corrected chi connectivity index (χ3v) is 7.05. The Kier molecular flexibility index (Phi) is 7.45. The molecule has 2 heterocycles. The van der Waals surface area contributed by atoms with Crippen molar-refractivity contribution >= 4 is 21.7 Å². The average molecular weight is 506 g/mol. The van der Waals surface area contributed by atoms with E-state index in [-0.39, 0.29) is 35.0 Å². The first-order chi connectivity index (χ1) is 17.4. The van der Waals surface area contributed by atoms with Crippen molar-refractivity contribution in [3.8, 4) is 11.5 Å². The molecular weight excluding hydrogens is 482 g/mol. The zero-order valence-electron chi connectivity index (χ0n) is 19.3. The van der Waals surface area contributed by atoms with Gasteiger partial charge in [0.25, 0.3) is 10.0 Å². The van der Waals surface area contributed by atoms with Crippen LogP contribution in [0.15, 0.2) is 96.4 Å². The molecule has 0 saturated heterocycles. The van der Waals surface area contributed by atoms with Crippen LogP contribution in [-0.2, 0) is 23.2 Å². The Labute approximate surface area is 208 Å². The second kappa shape index (κ2) is 10.9. The van der Waals surface area contributed by atoms with Crippen LogP contribution < -0.4 is 13.8 Å². The number of ether oxygens (including phenoxy) is 2. The Hall–Kier alpha value is -4.44. The third-order valence-electron chi connectivity index (χ3n) is 5.29. The summed E-state index contributed by atoms with van der Waals surface area (Å²) in [5.41, 5.74) is 0.988. The number of benzene rings is 2. The van der Waals surface area contributed by atoms with Crippen molar-refractivity contribution in [2.24, 2.45) is 0 Å². The SMILES string of the molecule is COc1ccc(S(=O)(=O)N(Cc2cccnc2)c2c(OCc3cccnc3)cccc2C(=O)O)cc1. The molecule has 0 saturated carbocycles. The van der Waals surface area contributed by atoms with Gasteiger partial charge in [-0.15, -0.1) is 0 Å². The largest absolute Gasteiger partial charge is 0.497 e. The normalized spacial score (nSPS) is 11.0. The monoisotopic (exact) mass is 505 g/mol. The fourth-order valence-corrected chi connectivity index (χ4v) is 5.01. The molecule has 0 fully saturated rings. The molecule has 4 rings (SSSR count). The van der Waals surface area contributed by atoms with Crippen molar-refractivity contribution in [2.45, 2.75) is 18.0 Å². The van der Waals surface area contributed by atoms with Gasteiger partial charge in [0.2, 0.25) is 0 Å². The molecule has 0 bridgehead atoms. The number of nitrogens with zero attached hydrogens (tertiary/aromatic N) is 3. The van der Waals surface area contributed by atoms with Crippen LogP contribution in [0.5, 0.6) is 11.5 Å². The number of aromatic carboxylic acids is 1. The van der Waals surface area contributed by atoms with E-state index in [9.17, 15) is 18.3 Å². The molecule has 0 amide bonds. The van der Waals surface area contributed by atoms with Crippen LogP contribution in [-0.4, -0.2) is 36.6 Å². The van der Waals surface area contributed by atoms with Gasteiger partial charge in [-0.05, 0) is 54.1 Å². The highest BCUT2D eigenvalue weighted by Gasteiger charge is 2.32. The van der Waals surface area contributed by atoms with Gasteiger partial charge in [0, 0.05) is 30.4 Å². The van der Waals surface area contributed by atoms with Gasteiger partial charge >= 0.3 is 5.97 Å². The van der Waals surface area contributed by atoms with Crippen molar-refractivity contribution in [3.05, 3.63) is 108 Å². The lowest BCUT2D eigenvalue weighted by atomic mass is 10.1. The summed E-state index contributed by atoms with van der Waals surface area (Å²) >= 11 is 0. The maximum atomic E-state index is 13.9. The molecule has 4 aromatic rings. The first kappa shape index (κ1) is 24.7. The Bertz CT molecular complexity index is 1430. The summed E-state index contributed by atoms with van der Waals surface area (Å²) in [6.45, 7) is -0.108. The van der Waals surface area contributed by atoms with Crippen molar-refractivity contribution in [2.75, 3.05) is 11.4 Å². The third kappa shape index (κ3) is 5.44. The first-order valence-electron chi connectivity index (χ1n) is 10.8. The zero-order valence-corrected chi connectivity index (χ0v) is 20.1. The molecule has 0 aliphatic rings. The van der Waals surface area contributed by atoms with Crippen LogP contribution in [0.1, 0.15) is 21.5 Å². The van der Waals surface area contributed by atoms with E-state index in [1.807, 2.05) is 0 Å². The van der Waals surface area contributed by atoms with Crippen LogP contribution in [0, 0.1) is 0 Å². The Balaban J connectivity index is 1.86. The molecular formula is C26H23N3O6S. The van der Waals surface area contributed by atoms with Gasteiger partial charge in [-0.3, -0.25) is 14.3 Å². The highest BCUT2D eigenvalue weighted by atomic mass is 32.2. The van der Waals surface area contributed by atoms with Crippen LogP contribution >= 0.6 is 0 Å². The number of para-hydroxylation sites is 1. The van der Waals surface area contributed by atoms with E-state index < -0.39 is 16.0 Å². The van der Waals surface area contributed by atoms with Crippen LogP contribution in [0.3, 0.4) is 0 Å². The predicted octanol–water partition coefficient (Wildman–Crippen LogP) is 4.16. The fourth-order valence-electron chi connectivity index (χ4n) is 3.53. The number of rotatable bonds is 10. The number of hydrogen-bond donors (Lipinski definition) is 1. The van der Waals surface area contributed by atoms with E-state index in [1.165, 1.54) is 55.8 Å². The molecule has 0 unspecified atom stereocenters. The summed E-state index contributed by atoms with van der Waals surface area (Å²) in [7, 11) is -2.77. The molecule has 0 aliphatic heterocycles. The minimum Gasteiger partial charge on any atom is -0.497 e. The summed E-state index contributed by atoms with van der Waals surface area (Å²) in [4.78, 5) is 20.3. The van der Waals surface area contributed by atoms with Crippen molar-refractivity contribution in [1.82, 2.24) is 9.97 Å². The van der Waals surface area contributed by atoms with Gasteiger partial charge in [-0.1, -0.05) is 18.2 Å². The predicted molar refractivity (Wildman–Crippen MR) is 133 cm³/mol. The van der Waals surface area contributed by atoms with E-state index in [0.29, 0.717) is 11.3 Å². The number of anilines is 1. The lowest BCUT2D eigenvalue weighted by molar-refractivity contribution is 0.0697. The summed E-state index contributed by atoms with van der Waals surface area (Å²) in [5, 5.41) is 9.98. The Morgan fingerprint density at radius 3 is 2.17 bits per heavy atom. The van der Waals surface area contributed by atoms with Crippen LogP contribution in [0.2, 0.25) is 0 Å². The van der Waals surface area contributed by atoms with E-state index in [1.54, 1.807) is 42.9 Å². The molecule has 0 spiro atoms. The van der Waals surface area contributed by atoms with Gasteiger partial charge in [-0.2, -0.15) is 0 Å². The maximum absolute atomic E-state index is 13.9. The number of methoxy groups -OCH3 is 1. The summed E-state index contributed by atoms with van der Waals surface area (Å²) in [6, 6.07) is 17.2. The molecule has 9 nitrogen and oxygen atoms in total. The second-order valence-corrected chi connectivity index (χ2v) is 9.52. The van der Waals surface area contributed by atoms with Crippen LogP contribution in [0.25, 0.3) is 0 Å². The maximum Gasteiger partial charge on any atom is 0.337 e. The summed E-state index contributed by atoms with van der Waals surface area (Å²) < 4.78 is 40.0. The molecule has 10 heteroatoms. The molecule has 2 aromatic carbocycles. The molecule has 1 N–H and O–H groups in total. The number of hydrogen-bond acceptors (Lipinski definition) is 7. The quantitative estimate of drug-likeness (QED) is 0.341. The lowest BCUT2D eigenvalue weighted by Crippen LogP contribution is -2.32. The number of carboxylic acids is 1. The first-order valence-corrected chi connectivity index (χ1v) is 12.3.